The van der Waals surface area contributed by atoms with E-state index < -0.39 is 0 Å². The van der Waals surface area contributed by atoms with Crippen LogP contribution in [-0.4, -0.2) is 30.7 Å². The van der Waals surface area contributed by atoms with Crippen LogP contribution in [0, 0.1) is 17.8 Å². The van der Waals surface area contributed by atoms with Gasteiger partial charge in [0, 0.05) is 18.5 Å². The molecule has 0 aromatic rings. The maximum Gasteiger partial charge on any atom is 0.315 e. The Labute approximate surface area is 208 Å². The van der Waals surface area contributed by atoms with Crippen LogP contribution in [0.25, 0.3) is 0 Å². The van der Waals surface area contributed by atoms with E-state index in [2.05, 4.69) is 10.6 Å². The van der Waals surface area contributed by atoms with E-state index in [-0.39, 0.29) is 17.5 Å². The number of amides is 2. The van der Waals surface area contributed by atoms with E-state index in [9.17, 15) is 9.59 Å². The molecule has 0 aromatic heterocycles. The van der Waals surface area contributed by atoms with Crippen LogP contribution in [0.1, 0.15) is 135 Å². The molecule has 196 valence electrons. The molecule has 4 saturated carbocycles. The molecule has 4 aliphatic rings. The van der Waals surface area contributed by atoms with Gasteiger partial charge in [0.1, 0.15) is 0 Å². The molecule has 0 atom stereocenters. The first-order valence-corrected chi connectivity index (χ1v) is 14.8. The van der Waals surface area contributed by atoms with Crippen molar-refractivity contribution >= 4 is 12.0 Å². The van der Waals surface area contributed by atoms with Crippen LogP contribution in [0.3, 0.4) is 0 Å². The van der Waals surface area contributed by atoms with E-state index in [0.29, 0.717) is 13.0 Å². The third kappa shape index (κ3) is 9.77. The molecule has 0 unspecified atom stereocenters. The van der Waals surface area contributed by atoms with Crippen LogP contribution in [0.2, 0.25) is 0 Å². The number of unbranched alkanes of at least 4 members (excludes halogenated alkanes) is 12. The molecule has 5 nitrogen and oxygen atoms in total. The monoisotopic (exact) mass is 476 g/mol. The van der Waals surface area contributed by atoms with Gasteiger partial charge in [-0.2, -0.15) is 0 Å². The first-order valence-electron chi connectivity index (χ1n) is 14.8. The summed E-state index contributed by atoms with van der Waals surface area (Å²) in [7, 11) is 0. The summed E-state index contributed by atoms with van der Waals surface area (Å²) in [5.41, 5.74) is 0.128. The van der Waals surface area contributed by atoms with Gasteiger partial charge in [-0.05, 0) is 76.0 Å². The zero-order valence-electron chi connectivity index (χ0n) is 22.0. The molecule has 0 radical (unpaired) electrons. The second-order valence-electron chi connectivity index (χ2n) is 11.7. The Hall–Kier alpha value is -1.26. The zero-order chi connectivity index (χ0) is 24.1. The van der Waals surface area contributed by atoms with E-state index in [1.165, 1.54) is 103 Å². The van der Waals surface area contributed by atoms with Gasteiger partial charge < -0.3 is 15.4 Å². The maximum atomic E-state index is 12.5. The molecule has 4 bridgehead atoms. The van der Waals surface area contributed by atoms with Crippen molar-refractivity contribution in [3.8, 4) is 0 Å². The van der Waals surface area contributed by atoms with Gasteiger partial charge in [0.25, 0.3) is 0 Å². The van der Waals surface area contributed by atoms with Gasteiger partial charge in [-0.15, -0.1) is 0 Å². The van der Waals surface area contributed by atoms with E-state index in [0.717, 1.165) is 43.6 Å². The molecule has 4 fully saturated rings. The summed E-state index contributed by atoms with van der Waals surface area (Å²) in [5.74, 6) is 2.58. The highest BCUT2D eigenvalue weighted by Crippen LogP contribution is 2.55. The summed E-state index contributed by atoms with van der Waals surface area (Å²) in [6.45, 7) is 3.18. The molecule has 4 aliphatic carbocycles. The van der Waals surface area contributed by atoms with Crippen molar-refractivity contribution in [2.24, 2.45) is 17.8 Å². The fraction of sp³-hybridized carbons (Fsp3) is 0.931. The normalized spacial score (nSPS) is 27.0. The lowest BCUT2D eigenvalue weighted by Gasteiger charge is -2.56. The van der Waals surface area contributed by atoms with Crippen LogP contribution < -0.4 is 10.6 Å². The van der Waals surface area contributed by atoms with Gasteiger partial charge in [-0.1, -0.05) is 70.6 Å². The number of hydrogen-bond donors (Lipinski definition) is 2. The average Bonchev–Trinajstić information content (AvgIpc) is 2.77. The van der Waals surface area contributed by atoms with Crippen molar-refractivity contribution in [2.45, 2.75) is 141 Å². The molecule has 0 aromatic carbocycles. The molecule has 34 heavy (non-hydrogen) atoms. The second kappa shape index (κ2) is 15.0. The summed E-state index contributed by atoms with van der Waals surface area (Å²) in [6.07, 6.45) is 24.9. The standard InChI is InChI=1S/C29H52N2O3/c1-2-34-27(32)16-14-12-10-8-6-4-3-5-7-9-11-13-15-17-30-28(33)31-29-21-24-18-25(22-29)20-26(19-24)23-29/h24-26H,2-23H2,1H3,(H2,30,31,33). The smallest absolute Gasteiger partial charge is 0.315 e. The van der Waals surface area contributed by atoms with Crippen LogP contribution in [-0.2, 0) is 9.53 Å². The van der Waals surface area contributed by atoms with Crippen molar-refractivity contribution in [3.05, 3.63) is 0 Å². The third-order valence-electron chi connectivity index (χ3n) is 8.57. The van der Waals surface area contributed by atoms with E-state index in [1.807, 2.05) is 6.92 Å². The van der Waals surface area contributed by atoms with Crippen LogP contribution in [0.4, 0.5) is 4.79 Å². The highest BCUT2D eigenvalue weighted by Gasteiger charge is 2.51. The minimum Gasteiger partial charge on any atom is -0.466 e. The summed E-state index contributed by atoms with van der Waals surface area (Å²) in [5, 5.41) is 6.55. The molecule has 4 rings (SSSR count). The number of carbonyl (C=O) groups excluding carboxylic acids is 2. The minimum absolute atomic E-state index is 0.0447. The number of ether oxygens (including phenoxy) is 1. The van der Waals surface area contributed by atoms with Crippen molar-refractivity contribution in [1.82, 2.24) is 10.6 Å². The molecular formula is C29H52N2O3. The second-order valence-corrected chi connectivity index (χ2v) is 11.7. The predicted molar refractivity (Wildman–Crippen MR) is 139 cm³/mol. The lowest BCUT2D eigenvalue weighted by Crippen LogP contribution is -2.61. The maximum absolute atomic E-state index is 12.5. The van der Waals surface area contributed by atoms with Crippen molar-refractivity contribution in [3.63, 3.8) is 0 Å². The molecule has 5 heteroatoms. The Morgan fingerprint density at radius 1 is 0.706 bits per heavy atom. The average molecular weight is 477 g/mol. The van der Waals surface area contributed by atoms with Gasteiger partial charge in [0.2, 0.25) is 0 Å². The number of carbonyl (C=O) groups is 2. The van der Waals surface area contributed by atoms with Crippen LogP contribution in [0.15, 0.2) is 0 Å². The van der Waals surface area contributed by atoms with Crippen molar-refractivity contribution in [2.75, 3.05) is 13.2 Å². The van der Waals surface area contributed by atoms with Gasteiger partial charge in [-0.25, -0.2) is 4.79 Å². The minimum atomic E-state index is -0.0447. The Bertz CT molecular complexity index is 571. The van der Waals surface area contributed by atoms with Crippen LogP contribution in [0.5, 0.6) is 0 Å². The highest BCUT2D eigenvalue weighted by molar-refractivity contribution is 5.74. The Morgan fingerprint density at radius 3 is 1.62 bits per heavy atom. The fourth-order valence-corrected chi connectivity index (χ4v) is 7.32. The third-order valence-corrected chi connectivity index (χ3v) is 8.57. The number of esters is 1. The molecule has 2 N–H and O–H groups in total. The molecule has 0 heterocycles. The number of rotatable bonds is 18. The number of urea groups is 1. The molecule has 2 amide bonds. The van der Waals surface area contributed by atoms with Crippen molar-refractivity contribution < 1.29 is 14.3 Å². The van der Waals surface area contributed by atoms with Crippen LogP contribution >= 0.6 is 0 Å². The lowest BCUT2D eigenvalue weighted by atomic mass is 9.53. The topological polar surface area (TPSA) is 67.4 Å². The number of hydrogen-bond acceptors (Lipinski definition) is 3. The zero-order valence-corrected chi connectivity index (χ0v) is 22.0. The van der Waals surface area contributed by atoms with E-state index >= 15 is 0 Å². The van der Waals surface area contributed by atoms with Crippen molar-refractivity contribution in [1.29, 1.82) is 0 Å². The predicted octanol–water partition coefficient (Wildman–Crippen LogP) is 7.28. The lowest BCUT2D eigenvalue weighted by molar-refractivity contribution is -0.143. The van der Waals surface area contributed by atoms with Gasteiger partial charge in [-0.3, -0.25) is 4.79 Å². The molecule has 0 aliphatic heterocycles. The summed E-state index contributed by atoms with van der Waals surface area (Å²) in [4.78, 5) is 23.7. The first kappa shape index (κ1) is 27.3. The van der Waals surface area contributed by atoms with E-state index in [4.69, 9.17) is 4.74 Å². The summed E-state index contributed by atoms with van der Waals surface area (Å²) < 4.78 is 4.95. The molecule has 0 saturated heterocycles. The fourth-order valence-electron chi connectivity index (χ4n) is 7.32. The highest BCUT2D eigenvalue weighted by atomic mass is 16.5. The largest absolute Gasteiger partial charge is 0.466 e. The van der Waals surface area contributed by atoms with Gasteiger partial charge >= 0.3 is 12.0 Å². The van der Waals surface area contributed by atoms with E-state index in [1.54, 1.807) is 0 Å². The van der Waals surface area contributed by atoms with Gasteiger partial charge in [0.15, 0.2) is 0 Å². The molecule has 0 spiro atoms. The Kier molecular flexibility index (Phi) is 12.0. The molecular weight excluding hydrogens is 424 g/mol. The summed E-state index contributed by atoms with van der Waals surface area (Å²) >= 11 is 0. The Balaban J connectivity index is 1.05. The summed E-state index contributed by atoms with van der Waals surface area (Å²) in [6, 6.07) is 0.0842. The Morgan fingerprint density at radius 2 is 1.15 bits per heavy atom. The number of nitrogens with one attached hydrogen (secondary N) is 2. The SMILES string of the molecule is CCOC(=O)CCCCCCCCCCCCCCCNC(=O)NC12CC3CC(CC(C3)C1)C2. The van der Waals surface area contributed by atoms with Gasteiger partial charge in [0.05, 0.1) is 6.61 Å². The quantitative estimate of drug-likeness (QED) is 0.161. The first-order chi connectivity index (χ1) is 16.6.